The summed E-state index contributed by atoms with van der Waals surface area (Å²) in [4.78, 5) is 28.6. The Morgan fingerprint density at radius 2 is 1.93 bits per heavy atom. The van der Waals surface area contributed by atoms with Gasteiger partial charge in [0.2, 0.25) is 5.91 Å². The van der Waals surface area contributed by atoms with Gasteiger partial charge in [0.1, 0.15) is 18.1 Å². The molecule has 2 heterocycles. The fourth-order valence-corrected chi connectivity index (χ4v) is 3.68. The van der Waals surface area contributed by atoms with E-state index in [1.165, 1.54) is 16.7 Å². The fraction of sp³-hybridized carbons (Fsp3) is 0.300. The summed E-state index contributed by atoms with van der Waals surface area (Å²) in [6, 6.07) is 9.38. The summed E-state index contributed by atoms with van der Waals surface area (Å²) in [5, 5.41) is 0.544. The minimum atomic E-state index is -0.675. The number of ether oxygens (including phenoxy) is 1. The molecule has 1 aromatic heterocycles. The lowest BCUT2D eigenvalue weighted by Crippen LogP contribution is -2.50. The molecule has 2 aromatic carbocycles. The molecular weight excluding hydrogens is 401 g/mol. The molecule has 3 aromatic rings. The van der Waals surface area contributed by atoms with E-state index >= 15 is 0 Å². The maximum absolute atomic E-state index is 13.3. The first-order valence-electron chi connectivity index (χ1n) is 9.11. The summed E-state index contributed by atoms with van der Waals surface area (Å²) in [5.74, 6) is -0.761. The van der Waals surface area contributed by atoms with Gasteiger partial charge in [0, 0.05) is 44.0 Å². The number of anilines is 1. The topological polar surface area (TPSA) is 67.9 Å². The van der Waals surface area contributed by atoms with Crippen LogP contribution in [-0.2, 0) is 11.3 Å². The van der Waals surface area contributed by atoms with Crippen LogP contribution in [0.4, 0.5) is 10.1 Å². The minimum Gasteiger partial charge on any atom is -0.495 e. The highest BCUT2D eigenvalue weighted by Gasteiger charge is 2.23. The molecule has 1 aliphatic rings. The first-order chi connectivity index (χ1) is 14.0. The van der Waals surface area contributed by atoms with Gasteiger partial charge < -0.3 is 19.0 Å². The number of aromatic nitrogens is 1. The first kappa shape index (κ1) is 19.3. The van der Waals surface area contributed by atoms with E-state index in [9.17, 15) is 14.0 Å². The van der Waals surface area contributed by atoms with Crippen molar-refractivity contribution in [1.29, 1.82) is 0 Å². The molecule has 0 bridgehead atoms. The van der Waals surface area contributed by atoms with Gasteiger partial charge in [0.15, 0.2) is 5.58 Å². The van der Waals surface area contributed by atoms with Gasteiger partial charge in [0.25, 0.3) is 0 Å². The zero-order valence-electron chi connectivity index (χ0n) is 15.7. The first-order valence-corrected chi connectivity index (χ1v) is 9.49. The molecule has 0 unspecified atom stereocenters. The summed E-state index contributed by atoms with van der Waals surface area (Å²) in [5.41, 5.74) is 1.50. The van der Waals surface area contributed by atoms with Crippen LogP contribution in [0.5, 0.6) is 5.75 Å². The molecular formula is C20H19ClFN3O4. The summed E-state index contributed by atoms with van der Waals surface area (Å²) in [6.45, 7) is 2.17. The summed E-state index contributed by atoms with van der Waals surface area (Å²) >= 11 is 6.08. The van der Waals surface area contributed by atoms with Gasteiger partial charge >= 0.3 is 5.76 Å². The predicted molar refractivity (Wildman–Crippen MR) is 107 cm³/mol. The van der Waals surface area contributed by atoms with E-state index in [-0.39, 0.29) is 18.0 Å². The third-order valence-electron chi connectivity index (χ3n) is 5.06. The molecule has 1 amide bonds. The van der Waals surface area contributed by atoms with Gasteiger partial charge in [0.05, 0.1) is 17.6 Å². The number of hydrogen-bond donors (Lipinski definition) is 0. The molecule has 1 aliphatic heterocycles. The Hall–Kier alpha value is -3.00. The maximum Gasteiger partial charge on any atom is 0.420 e. The highest BCUT2D eigenvalue weighted by atomic mass is 35.5. The second-order valence-electron chi connectivity index (χ2n) is 6.75. The lowest BCUT2D eigenvalue weighted by molar-refractivity contribution is -0.132. The third-order valence-corrected chi connectivity index (χ3v) is 5.37. The van der Waals surface area contributed by atoms with Crippen LogP contribution in [-0.4, -0.2) is 48.7 Å². The lowest BCUT2D eigenvalue weighted by Gasteiger charge is -2.36. The van der Waals surface area contributed by atoms with Gasteiger partial charge in [-0.05, 0) is 24.3 Å². The normalized spacial score (nSPS) is 14.4. The van der Waals surface area contributed by atoms with E-state index in [1.807, 2.05) is 12.1 Å². The Morgan fingerprint density at radius 3 is 2.66 bits per heavy atom. The van der Waals surface area contributed by atoms with Crippen molar-refractivity contribution in [2.24, 2.45) is 0 Å². The van der Waals surface area contributed by atoms with Crippen LogP contribution in [0.1, 0.15) is 0 Å². The van der Waals surface area contributed by atoms with Crippen LogP contribution in [0.15, 0.2) is 45.6 Å². The number of nitrogens with zero attached hydrogens (tertiary/aromatic N) is 3. The maximum atomic E-state index is 13.3. The van der Waals surface area contributed by atoms with E-state index in [2.05, 4.69) is 4.90 Å². The molecule has 0 radical (unpaired) electrons. The second kappa shape index (κ2) is 7.79. The molecule has 1 saturated heterocycles. The highest BCUT2D eigenvalue weighted by molar-refractivity contribution is 6.32. The van der Waals surface area contributed by atoms with Crippen LogP contribution < -0.4 is 15.4 Å². The van der Waals surface area contributed by atoms with Gasteiger partial charge in [-0.25, -0.2) is 9.18 Å². The van der Waals surface area contributed by atoms with Crippen molar-refractivity contribution in [3.05, 3.63) is 57.8 Å². The number of oxazole rings is 1. The molecule has 152 valence electrons. The van der Waals surface area contributed by atoms with Gasteiger partial charge in [-0.15, -0.1) is 0 Å². The van der Waals surface area contributed by atoms with Gasteiger partial charge in [-0.1, -0.05) is 11.6 Å². The number of hydrogen-bond acceptors (Lipinski definition) is 5. The molecule has 1 fully saturated rings. The number of methoxy groups -OCH3 is 1. The Labute approximate surface area is 170 Å². The van der Waals surface area contributed by atoms with Gasteiger partial charge in [-0.3, -0.25) is 9.36 Å². The van der Waals surface area contributed by atoms with E-state index in [0.29, 0.717) is 42.5 Å². The van der Waals surface area contributed by atoms with Crippen molar-refractivity contribution in [3.8, 4) is 5.75 Å². The number of carbonyl (C=O) groups excluding carboxylic acids is 1. The number of rotatable bonds is 4. The standard InChI is InChI=1S/C20H19ClFN3O4/c1-28-17-11-14(3-4-15(17)21)23-6-8-24(9-7-23)19(26)12-25-16-5-2-13(22)10-18(16)29-20(25)27/h2-5,10-11H,6-9,12H2,1H3. The molecule has 0 N–H and O–H groups in total. The van der Waals surface area contributed by atoms with Crippen molar-refractivity contribution in [2.75, 3.05) is 38.2 Å². The average molecular weight is 420 g/mol. The molecule has 7 nitrogen and oxygen atoms in total. The number of piperazine rings is 1. The molecule has 0 aliphatic carbocycles. The Bertz CT molecular complexity index is 1120. The van der Waals surface area contributed by atoms with Crippen molar-refractivity contribution in [3.63, 3.8) is 0 Å². The number of amides is 1. The third kappa shape index (κ3) is 3.80. The van der Waals surface area contributed by atoms with E-state index in [4.69, 9.17) is 20.8 Å². The SMILES string of the molecule is COc1cc(N2CCN(C(=O)Cn3c(=O)oc4cc(F)ccc43)CC2)ccc1Cl. The van der Waals surface area contributed by atoms with E-state index < -0.39 is 11.6 Å². The van der Waals surface area contributed by atoms with Crippen molar-refractivity contribution in [1.82, 2.24) is 9.47 Å². The smallest absolute Gasteiger partial charge is 0.420 e. The van der Waals surface area contributed by atoms with Crippen LogP contribution in [0.3, 0.4) is 0 Å². The molecule has 4 rings (SSSR count). The van der Waals surface area contributed by atoms with E-state index in [0.717, 1.165) is 11.8 Å². The summed E-state index contributed by atoms with van der Waals surface area (Å²) in [7, 11) is 1.57. The predicted octanol–water partition coefficient (Wildman–Crippen LogP) is 2.74. The van der Waals surface area contributed by atoms with Crippen LogP contribution in [0.2, 0.25) is 5.02 Å². The monoisotopic (exact) mass is 419 g/mol. The van der Waals surface area contributed by atoms with Crippen molar-refractivity contribution in [2.45, 2.75) is 6.54 Å². The van der Waals surface area contributed by atoms with E-state index in [1.54, 1.807) is 18.1 Å². The second-order valence-corrected chi connectivity index (χ2v) is 7.16. The average Bonchev–Trinajstić information content (AvgIpc) is 3.02. The number of halogens is 2. The van der Waals surface area contributed by atoms with Gasteiger partial charge in [-0.2, -0.15) is 0 Å². The molecule has 29 heavy (non-hydrogen) atoms. The van der Waals surface area contributed by atoms with Crippen LogP contribution in [0, 0.1) is 5.82 Å². The molecule has 9 heteroatoms. The summed E-state index contributed by atoms with van der Waals surface area (Å²) < 4.78 is 24.8. The Balaban J connectivity index is 1.43. The molecule has 0 spiro atoms. The Kier molecular flexibility index (Phi) is 5.19. The number of benzene rings is 2. The minimum absolute atomic E-state index is 0.129. The quantitative estimate of drug-likeness (QED) is 0.650. The zero-order valence-corrected chi connectivity index (χ0v) is 16.5. The van der Waals surface area contributed by atoms with Crippen molar-refractivity contribution < 1.29 is 18.3 Å². The molecule has 0 saturated carbocycles. The van der Waals surface area contributed by atoms with Crippen LogP contribution in [0.25, 0.3) is 11.1 Å². The Morgan fingerprint density at radius 1 is 1.17 bits per heavy atom. The summed E-state index contributed by atoms with van der Waals surface area (Å²) in [6.07, 6.45) is 0. The lowest BCUT2D eigenvalue weighted by atomic mass is 10.2. The molecule has 0 atom stereocenters. The largest absolute Gasteiger partial charge is 0.495 e. The van der Waals surface area contributed by atoms with Crippen LogP contribution >= 0.6 is 11.6 Å². The zero-order chi connectivity index (χ0) is 20.5. The highest BCUT2D eigenvalue weighted by Crippen LogP contribution is 2.29. The number of fused-ring (bicyclic) bond motifs is 1. The fourth-order valence-electron chi connectivity index (χ4n) is 3.48. The number of carbonyl (C=O) groups is 1. The van der Waals surface area contributed by atoms with Crippen molar-refractivity contribution >= 4 is 34.3 Å².